The van der Waals surface area contributed by atoms with E-state index in [1.165, 1.54) is 30.5 Å². The largest absolute Gasteiger partial charge is 0.337 e. The summed E-state index contributed by atoms with van der Waals surface area (Å²) in [5.74, 6) is -1.08. The van der Waals surface area contributed by atoms with Crippen molar-refractivity contribution in [3.05, 3.63) is 58.9 Å². The molecule has 2 heterocycles. The molecule has 0 fully saturated rings. The van der Waals surface area contributed by atoms with Crippen molar-refractivity contribution in [2.45, 2.75) is 0 Å². The van der Waals surface area contributed by atoms with Crippen LogP contribution < -0.4 is 5.32 Å². The summed E-state index contributed by atoms with van der Waals surface area (Å²) < 4.78 is 26.9. The maximum atomic E-state index is 13.8. The standard InChI is InChI=1S/C15H7ClF2N4/c16-10-1-2-12(11(17)5-10)21-15-9(6-19)3-8-4-14(18)20-7-13(8)22-15/h1-5,7H,(H,21,22). The van der Waals surface area contributed by atoms with E-state index in [2.05, 4.69) is 15.3 Å². The zero-order valence-corrected chi connectivity index (χ0v) is 11.7. The number of benzene rings is 1. The first kappa shape index (κ1) is 14.2. The Hall–Kier alpha value is -2.78. The number of nitrogens with one attached hydrogen (secondary N) is 1. The first-order chi connectivity index (χ1) is 10.6. The van der Waals surface area contributed by atoms with E-state index in [-0.39, 0.29) is 22.1 Å². The second-order valence-electron chi connectivity index (χ2n) is 4.45. The van der Waals surface area contributed by atoms with Crippen molar-refractivity contribution >= 4 is 34.0 Å². The van der Waals surface area contributed by atoms with Gasteiger partial charge in [-0.25, -0.2) is 14.4 Å². The Morgan fingerprint density at radius 1 is 1.18 bits per heavy atom. The van der Waals surface area contributed by atoms with E-state index in [1.54, 1.807) is 0 Å². The van der Waals surface area contributed by atoms with Crippen LogP contribution in [0.2, 0.25) is 5.02 Å². The van der Waals surface area contributed by atoms with E-state index in [9.17, 15) is 14.0 Å². The molecule has 0 spiro atoms. The number of anilines is 2. The summed E-state index contributed by atoms with van der Waals surface area (Å²) in [6, 6.07) is 8.68. The SMILES string of the molecule is N#Cc1cc2cc(F)ncc2nc1Nc1ccc(Cl)cc1F. The van der Waals surface area contributed by atoms with Gasteiger partial charge in [0.25, 0.3) is 0 Å². The van der Waals surface area contributed by atoms with Gasteiger partial charge in [-0.05, 0) is 24.3 Å². The molecule has 0 atom stereocenters. The van der Waals surface area contributed by atoms with Gasteiger partial charge in [0, 0.05) is 16.5 Å². The van der Waals surface area contributed by atoms with Crippen LogP contribution in [0.3, 0.4) is 0 Å². The normalized spacial score (nSPS) is 10.5. The first-order valence-corrected chi connectivity index (χ1v) is 6.53. The fourth-order valence-electron chi connectivity index (χ4n) is 1.95. The lowest BCUT2D eigenvalue weighted by Gasteiger charge is -2.09. The van der Waals surface area contributed by atoms with E-state index < -0.39 is 11.8 Å². The number of rotatable bonds is 2. The number of pyridine rings is 2. The zero-order chi connectivity index (χ0) is 15.7. The Balaban J connectivity index is 2.09. The number of aromatic nitrogens is 2. The molecule has 3 rings (SSSR count). The molecule has 0 saturated heterocycles. The Kier molecular flexibility index (Phi) is 3.57. The molecule has 7 heteroatoms. The number of fused-ring (bicyclic) bond motifs is 1. The van der Waals surface area contributed by atoms with Crippen LogP contribution >= 0.6 is 11.6 Å². The lowest BCUT2D eigenvalue weighted by Crippen LogP contribution is -2.00. The van der Waals surface area contributed by atoms with Crippen molar-refractivity contribution in [1.82, 2.24) is 9.97 Å². The maximum absolute atomic E-state index is 13.8. The van der Waals surface area contributed by atoms with E-state index >= 15 is 0 Å². The molecule has 0 unspecified atom stereocenters. The molecule has 0 radical (unpaired) electrons. The number of nitriles is 1. The summed E-state index contributed by atoms with van der Waals surface area (Å²) in [7, 11) is 0. The lowest BCUT2D eigenvalue weighted by atomic mass is 10.2. The van der Waals surface area contributed by atoms with Crippen LogP contribution in [0.5, 0.6) is 0 Å². The van der Waals surface area contributed by atoms with Gasteiger partial charge in [0.2, 0.25) is 5.95 Å². The third-order valence-electron chi connectivity index (χ3n) is 2.97. The second-order valence-corrected chi connectivity index (χ2v) is 4.88. The third kappa shape index (κ3) is 2.67. The summed E-state index contributed by atoms with van der Waals surface area (Å²) in [5, 5.41) is 12.6. The van der Waals surface area contributed by atoms with E-state index in [4.69, 9.17) is 11.6 Å². The van der Waals surface area contributed by atoms with Crippen LogP contribution in [0.25, 0.3) is 10.9 Å². The lowest BCUT2D eigenvalue weighted by molar-refractivity contribution is 0.586. The van der Waals surface area contributed by atoms with Crippen LogP contribution in [0.1, 0.15) is 5.56 Å². The third-order valence-corrected chi connectivity index (χ3v) is 3.21. The summed E-state index contributed by atoms with van der Waals surface area (Å²) in [6.07, 6.45) is 1.25. The number of hydrogen-bond acceptors (Lipinski definition) is 4. The molecular formula is C15H7ClF2N4. The van der Waals surface area contributed by atoms with Gasteiger partial charge in [0.15, 0.2) is 0 Å². The van der Waals surface area contributed by atoms with Gasteiger partial charge in [0.05, 0.1) is 23.0 Å². The highest BCUT2D eigenvalue weighted by Crippen LogP contribution is 2.26. The molecule has 3 aromatic rings. The van der Waals surface area contributed by atoms with Crippen molar-refractivity contribution in [2.75, 3.05) is 5.32 Å². The maximum Gasteiger partial charge on any atom is 0.213 e. The van der Waals surface area contributed by atoms with E-state index in [0.717, 1.165) is 6.07 Å². The molecule has 1 aromatic carbocycles. The summed E-state index contributed by atoms with van der Waals surface area (Å²) in [4.78, 5) is 7.69. The average Bonchev–Trinajstić information content (AvgIpc) is 2.49. The van der Waals surface area contributed by atoms with Crippen LogP contribution in [-0.4, -0.2) is 9.97 Å². The average molecular weight is 317 g/mol. The predicted molar refractivity (Wildman–Crippen MR) is 78.9 cm³/mol. The van der Waals surface area contributed by atoms with Crippen molar-refractivity contribution in [2.24, 2.45) is 0 Å². The molecule has 0 amide bonds. The highest BCUT2D eigenvalue weighted by atomic mass is 35.5. The van der Waals surface area contributed by atoms with Crippen molar-refractivity contribution < 1.29 is 8.78 Å². The molecule has 0 saturated carbocycles. The van der Waals surface area contributed by atoms with Crippen LogP contribution in [-0.2, 0) is 0 Å². The molecule has 0 bridgehead atoms. The minimum absolute atomic E-state index is 0.128. The Labute approximate surface area is 129 Å². The van der Waals surface area contributed by atoms with Crippen LogP contribution in [0.15, 0.2) is 36.5 Å². The molecular weight excluding hydrogens is 310 g/mol. The first-order valence-electron chi connectivity index (χ1n) is 6.15. The molecule has 22 heavy (non-hydrogen) atoms. The summed E-state index contributed by atoms with van der Waals surface area (Å²) >= 11 is 5.69. The van der Waals surface area contributed by atoms with Gasteiger partial charge in [-0.3, -0.25) is 0 Å². The van der Waals surface area contributed by atoms with Gasteiger partial charge in [0.1, 0.15) is 17.7 Å². The van der Waals surface area contributed by atoms with Crippen molar-refractivity contribution in [3.63, 3.8) is 0 Å². The second kappa shape index (κ2) is 5.54. The quantitative estimate of drug-likeness (QED) is 0.721. The topological polar surface area (TPSA) is 61.6 Å². The van der Waals surface area contributed by atoms with Gasteiger partial charge in [-0.2, -0.15) is 9.65 Å². The highest BCUT2D eigenvalue weighted by Gasteiger charge is 2.11. The van der Waals surface area contributed by atoms with Gasteiger partial charge in [-0.1, -0.05) is 11.6 Å². The summed E-state index contributed by atoms with van der Waals surface area (Å²) in [6.45, 7) is 0. The molecule has 4 nitrogen and oxygen atoms in total. The fourth-order valence-corrected chi connectivity index (χ4v) is 2.11. The zero-order valence-electron chi connectivity index (χ0n) is 10.9. The molecule has 1 N–H and O–H groups in total. The van der Waals surface area contributed by atoms with E-state index in [1.807, 2.05) is 6.07 Å². The van der Waals surface area contributed by atoms with E-state index in [0.29, 0.717) is 10.9 Å². The number of nitrogens with zero attached hydrogens (tertiary/aromatic N) is 3. The fraction of sp³-hybridized carbons (Fsp3) is 0. The molecule has 108 valence electrons. The molecule has 0 aliphatic carbocycles. The van der Waals surface area contributed by atoms with Gasteiger partial charge < -0.3 is 5.32 Å². The Bertz CT molecular complexity index is 921. The molecule has 2 aromatic heterocycles. The Morgan fingerprint density at radius 3 is 2.73 bits per heavy atom. The predicted octanol–water partition coefficient (Wildman–Crippen LogP) is 4.18. The Morgan fingerprint density at radius 2 is 2.00 bits per heavy atom. The van der Waals surface area contributed by atoms with Gasteiger partial charge >= 0.3 is 0 Å². The van der Waals surface area contributed by atoms with Crippen LogP contribution in [0, 0.1) is 23.1 Å². The monoisotopic (exact) mass is 316 g/mol. The van der Waals surface area contributed by atoms with Crippen LogP contribution in [0.4, 0.5) is 20.3 Å². The molecule has 0 aliphatic rings. The van der Waals surface area contributed by atoms with Gasteiger partial charge in [-0.15, -0.1) is 0 Å². The number of halogens is 3. The minimum Gasteiger partial charge on any atom is -0.337 e. The minimum atomic E-state index is -0.664. The smallest absolute Gasteiger partial charge is 0.213 e. The van der Waals surface area contributed by atoms with Crippen molar-refractivity contribution in [3.8, 4) is 6.07 Å². The molecule has 0 aliphatic heterocycles. The summed E-state index contributed by atoms with van der Waals surface area (Å²) in [5.41, 5.74) is 0.674. The number of hydrogen-bond donors (Lipinski definition) is 1. The van der Waals surface area contributed by atoms with Crippen molar-refractivity contribution in [1.29, 1.82) is 5.26 Å². The highest BCUT2D eigenvalue weighted by molar-refractivity contribution is 6.30.